The molecular formula is C13H22N2O3S. The van der Waals surface area contributed by atoms with E-state index in [0.717, 1.165) is 37.9 Å². The fraction of sp³-hybridized carbons (Fsp3) is 0.846. The first kappa shape index (κ1) is 14.7. The van der Waals surface area contributed by atoms with Gasteiger partial charge in [-0.1, -0.05) is 19.3 Å². The summed E-state index contributed by atoms with van der Waals surface area (Å²) < 4.78 is 0. The highest BCUT2D eigenvalue weighted by Crippen LogP contribution is 2.27. The Balaban J connectivity index is 2.09. The van der Waals surface area contributed by atoms with E-state index in [9.17, 15) is 14.7 Å². The topological polar surface area (TPSA) is 83.6 Å². The average Bonchev–Trinajstić information content (AvgIpc) is 2.62. The van der Waals surface area contributed by atoms with E-state index in [1.54, 1.807) is 16.7 Å². The molecule has 0 radical (unpaired) electrons. The molecular weight excluding hydrogens is 264 g/mol. The average molecular weight is 286 g/mol. The van der Waals surface area contributed by atoms with Gasteiger partial charge in [0.2, 0.25) is 5.91 Å². The van der Waals surface area contributed by atoms with Crippen LogP contribution in [0, 0.1) is 5.92 Å². The summed E-state index contributed by atoms with van der Waals surface area (Å²) in [7, 11) is 0. The molecule has 1 amide bonds. The number of rotatable bonds is 2. The SMILES string of the molecule is NC1CCCCCC1C(=O)N1CCSCC1C(=O)O. The molecule has 6 heteroatoms. The number of hydrogen-bond donors (Lipinski definition) is 2. The minimum atomic E-state index is -0.900. The van der Waals surface area contributed by atoms with Gasteiger partial charge in [-0.3, -0.25) is 4.79 Å². The molecule has 3 N–H and O–H groups in total. The number of amides is 1. The van der Waals surface area contributed by atoms with Crippen molar-refractivity contribution in [2.24, 2.45) is 11.7 Å². The summed E-state index contributed by atoms with van der Waals surface area (Å²) in [6.07, 6.45) is 4.88. The lowest BCUT2D eigenvalue weighted by atomic mass is 9.93. The van der Waals surface area contributed by atoms with Crippen LogP contribution in [0.4, 0.5) is 0 Å². The Labute approximate surface area is 117 Å². The van der Waals surface area contributed by atoms with Crippen molar-refractivity contribution in [2.75, 3.05) is 18.1 Å². The van der Waals surface area contributed by atoms with Crippen LogP contribution in [-0.4, -0.2) is 52.0 Å². The number of carboxylic acids is 1. The van der Waals surface area contributed by atoms with Crippen molar-refractivity contribution in [3.63, 3.8) is 0 Å². The Hall–Kier alpha value is -0.750. The van der Waals surface area contributed by atoms with Gasteiger partial charge in [-0.05, 0) is 12.8 Å². The van der Waals surface area contributed by atoms with Crippen LogP contribution in [0.25, 0.3) is 0 Å². The summed E-state index contributed by atoms with van der Waals surface area (Å²) in [5, 5.41) is 9.24. The fourth-order valence-corrected chi connectivity index (χ4v) is 3.97. The van der Waals surface area contributed by atoms with Crippen LogP contribution in [-0.2, 0) is 9.59 Å². The van der Waals surface area contributed by atoms with Crippen LogP contribution in [0.1, 0.15) is 32.1 Å². The predicted molar refractivity (Wildman–Crippen MR) is 75.0 cm³/mol. The van der Waals surface area contributed by atoms with Gasteiger partial charge in [-0.25, -0.2) is 4.79 Å². The van der Waals surface area contributed by atoms with E-state index in [-0.39, 0.29) is 17.9 Å². The van der Waals surface area contributed by atoms with Crippen LogP contribution in [0.2, 0.25) is 0 Å². The maximum Gasteiger partial charge on any atom is 0.327 e. The van der Waals surface area contributed by atoms with Gasteiger partial charge >= 0.3 is 5.97 Å². The van der Waals surface area contributed by atoms with Crippen molar-refractivity contribution in [3.8, 4) is 0 Å². The minimum Gasteiger partial charge on any atom is -0.480 e. The predicted octanol–water partition coefficient (Wildman–Crippen LogP) is 0.923. The van der Waals surface area contributed by atoms with E-state index in [4.69, 9.17) is 5.73 Å². The zero-order valence-corrected chi connectivity index (χ0v) is 11.9. The van der Waals surface area contributed by atoms with Crippen LogP contribution in [0.3, 0.4) is 0 Å². The highest BCUT2D eigenvalue weighted by Gasteiger charge is 2.37. The molecule has 0 aromatic carbocycles. The number of carbonyl (C=O) groups is 2. The molecule has 0 aromatic rings. The summed E-state index contributed by atoms with van der Waals surface area (Å²) in [5.41, 5.74) is 6.11. The lowest BCUT2D eigenvalue weighted by Crippen LogP contribution is -2.54. The molecule has 2 rings (SSSR count). The number of nitrogens with zero attached hydrogens (tertiary/aromatic N) is 1. The quantitative estimate of drug-likeness (QED) is 0.738. The first-order chi connectivity index (χ1) is 9.11. The standard InChI is InChI=1S/C13H22N2O3S/c14-10-5-3-1-2-4-9(10)12(16)15-6-7-19-8-11(15)13(17)18/h9-11H,1-8,14H2,(H,17,18). The molecule has 1 saturated carbocycles. The van der Waals surface area contributed by atoms with Crippen molar-refractivity contribution in [3.05, 3.63) is 0 Å². The number of aliphatic carboxylic acids is 1. The highest BCUT2D eigenvalue weighted by atomic mass is 32.2. The van der Waals surface area contributed by atoms with Gasteiger partial charge < -0.3 is 15.7 Å². The first-order valence-corrected chi connectivity index (χ1v) is 8.13. The van der Waals surface area contributed by atoms with Crippen LogP contribution in [0.15, 0.2) is 0 Å². The second-order valence-electron chi connectivity index (χ2n) is 5.37. The Bertz CT molecular complexity index is 351. The zero-order chi connectivity index (χ0) is 13.8. The van der Waals surface area contributed by atoms with E-state index in [0.29, 0.717) is 12.3 Å². The molecule has 1 aliphatic heterocycles. The minimum absolute atomic E-state index is 0.0397. The van der Waals surface area contributed by atoms with Crippen molar-refractivity contribution in [1.29, 1.82) is 0 Å². The lowest BCUT2D eigenvalue weighted by Gasteiger charge is -2.36. The molecule has 0 spiro atoms. The van der Waals surface area contributed by atoms with Gasteiger partial charge in [-0.15, -0.1) is 0 Å². The van der Waals surface area contributed by atoms with E-state index < -0.39 is 12.0 Å². The molecule has 1 saturated heterocycles. The third-order valence-electron chi connectivity index (χ3n) is 4.08. The largest absolute Gasteiger partial charge is 0.480 e. The van der Waals surface area contributed by atoms with Gasteiger partial charge in [0.1, 0.15) is 6.04 Å². The molecule has 0 bridgehead atoms. The highest BCUT2D eigenvalue weighted by molar-refractivity contribution is 7.99. The van der Waals surface area contributed by atoms with Gasteiger partial charge in [0.15, 0.2) is 0 Å². The van der Waals surface area contributed by atoms with Gasteiger partial charge in [0.25, 0.3) is 0 Å². The molecule has 2 aliphatic rings. The molecule has 3 unspecified atom stereocenters. The number of carboxylic acid groups (broad SMARTS) is 1. The van der Waals surface area contributed by atoms with Gasteiger partial charge in [-0.2, -0.15) is 11.8 Å². The molecule has 108 valence electrons. The maximum atomic E-state index is 12.6. The normalized spacial score (nSPS) is 32.7. The van der Waals surface area contributed by atoms with Crippen LogP contribution < -0.4 is 5.73 Å². The van der Waals surface area contributed by atoms with E-state index in [1.165, 1.54) is 0 Å². The van der Waals surface area contributed by atoms with E-state index in [1.807, 2.05) is 0 Å². The molecule has 1 aliphatic carbocycles. The third kappa shape index (κ3) is 3.42. The van der Waals surface area contributed by atoms with Crippen molar-refractivity contribution < 1.29 is 14.7 Å². The smallest absolute Gasteiger partial charge is 0.327 e. The Morgan fingerprint density at radius 1 is 1.21 bits per heavy atom. The van der Waals surface area contributed by atoms with E-state index >= 15 is 0 Å². The molecule has 5 nitrogen and oxygen atoms in total. The molecule has 0 aromatic heterocycles. The van der Waals surface area contributed by atoms with Crippen molar-refractivity contribution in [1.82, 2.24) is 4.90 Å². The summed E-state index contributed by atoms with van der Waals surface area (Å²) in [4.78, 5) is 25.4. The second-order valence-corrected chi connectivity index (χ2v) is 6.52. The van der Waals surface area contributed by atoms with Gasteiger partial charge in [0.05, 0.1) is 5.92 Å². The molecule has 2 fully saturated rings. The van der Waals surface area contributed by atoms with Crippen molar-refractivity contribution >= 4 is 23.6 Å². The van der Waals surface area contributed by atoms with Crippen LogP contribution >= 0.6 is 11.8 Å². The third-order valence-corrected chi connectivity index (χ3v) is 5.11. The number of hydrogen-bond acceptors (Lipinski definition) is 4. The van der Waals surface area contributed by atoms with E-state index in [2.05, 4.69) is 0 Å². The summed E-state index contributed by atoms with van der Waals surface area (Å²) in [6.45, 7) is 0.531. The number of thioether (sulfide) groups is 1. The molecule has 19 heavy (non-hydrogen) atoms. The summed E-state index contributed by atoms with van der Waals surface area (Å²) in [5.74, 6) is 0.179. The van der Waals surface area contributed by atoms with Crippen LogP contribution in [0.5, 0.6) is 0 Å². The number of carbonyl (C=O) groups excluding carboxylic acids is 1. The Morgan fingerprint density at radius 3 is 2.68 bits per heavy atom. The monoisotopic (exact) mass is 286 g/mol. The zero-order valence-electron chi connectivity index (χ0n) is 11.1. The second kappa shape index (κ2) is 6.61. The molecule has 1 heterocycles. The fourth-order valence-electron chi connectivity index (χ4n) is 2.93. The van der Waals surface area contributed by atoms with Gasteiger partial charge in [0, 0.05) is 24.1 Å². The first-order valence-electron chi connectivity index (χ1n) is 6.98. The number of nitrogens with two attached hydrogens (primary N) is 1. The maximum absolute atomic E-state index is 12.6. The lowest BCUT2D eigenvalue weighted by molar-refractivity contribution is -0.151. The Morgan fingerprint density at radius 2 is 1.95 bits per heavy atom. The summed E-state index contributed by atoms with van der Waals surface area (Å²) >= 11 is 1.60. The Kier molecular flexibility index (Phi) is 5.10. The summed E-state index contributed by atoms with van der Waals surface area (Å²) in [6, 6.07) is -0.791. The van der Waals surface area contributed by atoms with Crippen molar-refractivity contribution in [2.45, 2.75) is 44.2 Å². The molecule has 3 atom stereocenters.